The van der Waals surface area contributed by atoms with Crippen LogP contribution >= 0.6 is 0 Å². The van der Waals surface area contributed by atoms with Gasteiger partial charge >= 0.3 is 0 Å². The van der Waals surface area contributed by atoms with Gasteiger partial charge < -0.3 is 10.6 Å². The summed E-state index contributed by atoms with van der Waals surface area (Å²) in [5, 5.41) is 6.26. The number of hydrogen-bond donors (Lipinski definition) is 2. The number of benzene rings is 2. The van der Waals surface area contributed by atoms with Crippen LogP contribution in [0.4, 0.5) is 11.5 Å². The Morgan fingerprint density at radius 1 is 1.00 bits per heavy atom. The Hall–Kier alpha value is -3.21. The van der Waals surface area contributed by atoms with E-state index in [2.05, 4.69) is 65.6 Å². The molecule has 0 aliphatic rings. The van der Waals surface area contributed by atoms with Gasteiger partial charge in [-0.25, -0.2) is 9.97 Å². The van der Waals surface area contributed by atoms with Crippen molar-refractivity contribution in [2.75, 3.05) is 10.6 Å². The molecule has 2 aromatic carbocycles. The fourth-order valence-electron chi connectivity index (χ4n) is 2.97. The Balaban J connectivity index is 1.75. The molecular weight excluding hydrogens is 348 g/mol. The van der Waals surface area contributed by atoms with Crippen LogP contribution in [0.2, 0.25) is 0 Å². The van der Waals surface area contributed by atoms with Crippen molar-refractivity contribution in [1.82, 2.24) is 9.97 Å². The molecule has 5 heteroatoms. The van der Waals surface area contributed by atoms with Crippen LogP contribution in [0.1, 0.15) is 52.8 Å². The highest BCUT2D eigenvalue weighted by molar-refractivity contribution is 6.03. The van der Waals surface area contributed by atoms with E-state index in [9.17, 15) is 4.79 Å². The van der Waals surface area contributed by atoms with Crippen molar-refractivity contribution in [3.05, 3.63) is 82.8 Å². The third-order valence-electron chi connectivity index (χ3n) is 4.50. The van der Waals surface area contributed by atoms with Crippen LogP contribution in [-0.2, 0) is 6.54 Å². The first-order valence-corrected chi connectivity index (χ1v) is 9.48. The summed E-state index contributed by atoms with van der Waals surface area (Å²) in [6.45, 7) is 8.69. The topological polar surface area (TPSA) is 66.9 Å². The van der Waals surface area contributed by atoms with Crippen molar-refractivity contribution in [2.45, 2.75) is 40.2 Å². The minimum atomic E-state index is -0.239. The number of nitrogens with zero attached hydrogens (tertiary/aromatic N) is 2. The van der Waals surface area contributed by atoms with E-state index in [0.717, 1.165) is 16.8 Å². The number of rotatable bonds is 6. The van der Waals surface area contributed by atoms with Gasteiger partial charge in [0.15, 0.2) is 0 Å². The monoisotopic (exact) mass is 374 g/mol. The van der Waals surface area contributed by atoms with Gasteiger partial charge in [-0.2, -0.15) is 0 Å². The molecule has 1 heterocycles. The second-order valence-electron chi connectivity index (χ2n) is 7.22. The maximum Gasteiger partial charge on any atom is 0.274 e. The lowest BCUT2D eigenvalue weighted by molar-refractivity contribution is 0.102. The zero-order valence-corrected chi connectivity index (χ0v) is 16.8. The lowest BCUT2D eigenvalue weighted by Crippen LogP contribution is -2.17. The lowest BCUT2D eigenvalue weighted by atomic mass is 10.0. The Morgan fingerprint density at radius 3 is 2.43 bits per heavy atom. The summed E-state index contributed by atoms with van der Waals surface area (Å²) in [4.78, 5) is 21.5. The van der Waals surface area contributed by atoms with Crippen LogP contribution < -0.4 is 10.6 Å². The van der Waals surface area contributed by atoms with Gasteiger partial charge in [-0.15, -0.1) is 0 Å². The zero-order chi connectivity index (χ0) is 20.1. The van der Waals surface area contributed by atoms with Crippen LogP contribution in [-0.4, -0.2) is 15.9 Å². The summed E-state index contributed by atoms with van der Waals surface area (Å²) in [5.41, 5.74) is 4.63. The largest absolute Gasteiger partial charge is 0.366 e. The van der Waals surface area contributed by atoms with E-state index in [1.807, 2.05) is 24.3 Å². The molecular formula is C23H26N4O. The molecule has 0 bridgehead atoms. The van der Waals surface area contributed by atoms with Gasteiger partial charge in [-0.3, -0.25) is 4.79 Å². The smallest absolute Gasteiger partial charge is 0.274 e. The first-order valence-electron chi connectivity index (χ1n) is 9.48. The molecule has 0 fully saturated rings. The molecule has 3 aromatic rings. The normalized spacial score (nSPS) is 10.8. The number of amides is 1. The molecule has 2 N–H and O–H groups in total. The van der Waals surface area contributed by atoms with E-state index >= 15 is 0 Å². The standard InChI is InChI=1S/C23H26N4O/c1-15(2)19-7-5-6-8-20(19)27-23(28)21-13-22(26-17(4)25-21)24-14-18-11-9-16(3)10-12-18/h5-13,15H,14H2,1-4H3,(H,27,28)(H,24,25,26). The Morgan fingerprint density at radius 2 is 1.71 bits per heavy atom. The Bertz CT molecular complexity index is 965. The summed E-state index contributed by atoms with van der Waals surface area (Å²) in [7, 11) is 0. The molecule has 0 atom stereocenters. The first kappa shape index (κ1) is 19.5. The highest BCUT2D eigenvalue weighted by Gasteiger charge is 2.14. The molecule has 144 valence electrons. The number of carbonyl (C=O) groups is 1. The summed E-state index contributed by atoms with van der Waals surface area (Å²) < 4.78 is 0. The van der Waals surface area contributed by atoms with Crippen molar-refractivity contribution < 1.29 is 4.79 Å². The average Bonchev–Trinajstić information content (AvgIpc) is 2.67. The van der Waals surface area contributed by atoms with Crippen LogP contribution in [0.3, 0.4) is 0 Å². The molecule has 0 saturated heterocycles. The van der Waals surface area contributed by atoms with Crippen molar-refractivity contribution in [3.63, 3.8) is 0 Å². The molecule has 0 radical (unpaired) electrons. The number of nitrogens with one attached hydrogen (secondary N) is 2. The SMILES string of the molecule is Cc1ccc(CNc2cc(C(=O)Nc3ccccc3C(C)C)nc(C)n2)cc1. The molecule has 0 unspecified atom stereocenters. The molecule has 3 rings (SSSR count). The number of anilines is 2. The van der Waals surface area contributed by atoms with Crippen LogP contribution in [0, 0.1) is 13.8 Å². The van der Waals surface area contributed by atoms with Gasteiger partial charge in [0, 0.05) is 18.3 Å². The van der Waals surface area contributed by atoms with Gasteiger partial charge in [0.05, 0.1) is 0 Å². The van der Waals surface area contributed by atoms with E-state index in [1.165, 1.54) is 5.56 Å². The van der Waals surface area contributed by atoms with Gasteiger partial charge in [0.2, 0.25) is 0 Å². The third kappa shape index (κ3) is 4.94. The highest BCUT2D eigenvalue weighted by atomic mass is 16.1. The second-order valence-corrected chi connectivity index (χ2v) is 7.22. The fourth-order valence-corrected chi connectivity index (χ4v) is 2.97. The van der Waals surface area contributed by atoms with Gasteiger partial charge in [0.25, 0.3) is 5.91 Å². The maximum absolute atomic E-state index is 12.8. The lowest BCUT2D eigenvalue weighted by Gasteiger charge is -2.14. The minimum Gasteiger partial charge on any atom is -0.366 e. The van der Waals surface area contributed by atoms with Crippen LogP contribution in [0.15, 0.2) is 54.6 Å². The number of aromatic nitrogens is 2. The quantitative estimate of drug-likeness (QED) is 0.631. The summed E-state index contributed by atoms with van der Waals surface area (Å²) >= 11 is 0. The van der Waals surface area contributed by atoms with Crippen molar-refractivity contribution in [1.29, 1.82) is 0 Å². The minimum absolute atomic E-state index is 0.239. The van der Waals surface area contributed by atoms with E-state index in [4.69, 9.17) is 0 Å². The number of carbonyl (C=O) groups excluding carboxylic acids is 1. The second kappa shape index (κ2) is 8.65. The van der Waals surface area contributed by atoms with E-state index in [0.29, 0.717) is 29.8 Å². The van der Waals surface area contributed by atoms with Crippen molar-refractivity contribution >= 4 is 17.4 Å². The molecule has 0 aliphatic carbocycles. The number of aryl methyl sites for hydroxylation is 2. The number of hydrogen-bond acceptors (Lipinski definition) is 4. The predicted molar refractivity (Wildman–Crippen MR) is 114 cm³/mol. The predicted octanol–water partition coefficient (Wildman–Crippen LogP) is 5.08. The molecule has 0 aliphatic heterocycles. The van der Waals surface area contributed by atoms with Gasteiger partial charge in [0.1, 0.15) is 17.3 Å². The molecule has 0 saturated carbocycles. The fraction of sp³-hybridized carbons (Fsp3) is 0.261. The molecule has 0 spiro atoms. The van der Waals surface area contributed by atoms with E-state index in [-0.39, 0.29) is 5.91 Å². The Labute approximate surface area is 166 Å². The number of para-hydroxylation sites is 1. The van der Waals surface area contributed by atoms with Crippen LogP contribution in [0.5, 0.6) is 0 Å². The maximum atomic E-state index is 12.8. The molecule has 28 heavy (non-hydrogen) atoms. The first-order chi connectivity index (χ1) is 13.4. The molecule has 5 nitrogen and oxygen atoms in total. The van der Waals surface area contributed by atoms with E-state index in [1.54, 1.807) is 13.0 Å². The molecule has 1 amide bonds. The highest BCUT2D eigenvalue weighted by Crippen LogP contribution is 2.24. The van der Waals surface area contributed by atoms with Gasteiger partial charge in [-0.1, -0.05) is 61.9 Å². The van der Waals surface area contributed by atoms with Crippen molar-refractivity contribution in [2.24, 2.45) is 0 Å². The summed E-state index contributed by atoms with van der Waals surface area (Å²) in [6.07, 6.45) is 0. The zero-order valence-electron chi connectivity index (χ0n) is 16.8. The van der Waals surface area contributed by atoms with Crippen LogP contribution in [0.25, 0.3) is 0 Å². The summed E-state index contributed by atoms with van der Waals surface area (Å²) in [6, 6.07) is 17.8. The molecule has 1 aromatic heterocycles. The van der Waals surface area contributed by atoms with Gasteiger partial charge in [-0.05, 0) is 37.0 Å². The Kier molecular flexibility index (Phi) is 6.04. The third-order valence-corrected chi connectivity index (χ3v) is 4.50. The summed E-state index contributed by atoms with van der Waals surface area (Å²) in [5.74, 6) is 1.26. The van der Waals surface area contributed by atoms with E-state index < -0.39 is 0 Å². The van der Waals surface area contributed by atoms with Crippen molar-refractivity contribution in [3.8, 4) is 0 Å². The average molecular weight is 374 g/mol.